The number of carbonyl (C=O) groups excluding carboxylic acids is 1. The number of ether oxygens (including phenoxy) is 2. The summed E-state index contributed by atoms with van der Waals surface area (Å²) in [6, 6.07) is 10.3. The van der Waals surface area contributed by atoms with Crippen LogP contribution in [0.1, 0.15) is 64.9 Å². The van der Waals surface area contributed by atoms with Crippen molar-refractivity contribution in [2.75, 3.05) is 0 Å². The van der Waals surface area contributed by atoms with Gasteiger partial charge in [-0.25, -0.2) is 17.9 Å². The minimum Gasteiger partial charge on any atom is -0.460 e. The lowest BCUT2D eigenvalue weighted by Crippen LogP contribution is -2.23. The fourth-order valence-corrected chi connectivity index (χ4v) is 3.66. The first kappa shape index (κ1) is 25.8. The molecule has 2 aromatic rings. The topological polar surface area (TPSA) is 95.7 Å². The number of hydrogen-bond acceptors (Lipinski definition) is 5. The van der Waals surface area contributed by atoms with Crippen LogP contribution in [0.15, 0.2) is 47.4 Å². The number of rotatable bonds is 11. The van der Waals surface area contributed by atoms with Gasteiger partial charge in [0.1, 0.15) is 22.9 Å². The van der Waals surface area contributed by atoms with Crippen LogP contribution in [0.5, 0.6) is 11.5 Å². The van der Waals surface area contributed by atoms with E-state index >= 15 is 0 Å². The van der Waals surface area contributed by atoms with E-state index in [4.69, 9.17) is 14.6 Å². The Labute approximate surface area is 190 Å². The summed E-state index contributed by atoms with van der Waals surface area (Å²) < 4.78 is 47.8. The van der Waals surface area contributed by atoms with Crippen molar-refractivity contribution in [1.29, 1.82) is 0 Å². The quantitative estimate of drug-likeness (QED) is 0.350. The Morgan fingerprint density at radius 3 is 2.16 bits per heavy atom. The van der Waals surface area contributed by atoms with Gasteiger partial charge in [-0.15, -0.1) is 0 Å². The first-order valence-corrected chi connectivity index (χ1v) is 12.3. The highest BCUT2D eigenvalue weighted by molar-refractivity contribution is 7.89. The third-order valence-corrected chi connectivity index (χ3v) is 5.58. The van der Waals surface area contributed by atoms with Crippen LogP contribution in [0.2, 0.25) is 0 Å². The Hall–Kier alpha value is -2.45. The normalized spacial score (nSPS) is 11.9. The fraction of sp³-hybridized carbons (Fsp3) is 0.458. The summed E-state index contributed by atoms with van der Waals surface area (Å²) in [5.41, 5.74) is 0.117. The van der Waals surface area contributed by atoms with Crippen LogP contribution in [-0.4, -0.2) is 20.0 Å². The summed E-state index contributed by atoms with van der Waals surface area (Å²) in [6.07, 6.45) is 5.46. The molecular formula is C24H32FNO5S. The number of aryl methyl sites for hydroxylation is 1. The number of halogens is 1. The molecule has 0 amide bonds. The third kappa shape index (κ3) is 9.36. The van der Waals surface area contributed by atoms with Gasteiger partial charge in [0.15, 0.2) is 0 Å². The van der Waals surface area contributed by atoms with Crippen LogP contribution in [0.4, 0.5) is 4.39 Å². The number of sulfonamides is 1. The Morgan fingerprint density at radius 1 is 0.938 bits per heavy atom. The summed E-state index contributed by atoms with van der Waals surface area (Å²) in [5, 5.41) is 5.08. The SMILES string of the molecule is CC(C)(C)OC(=O)CCCCCCCc1cc(Oc2ccc(S(N)(=O)=O)cc2)ccc1F. The van der Waals surface area contributed by atoms with Crippen molar-refractivity contribution in [3.8, 4) is 11.5 Å². The van der Waals surface area contributed by atoms with Gasteiger partial charge in [0, 0.05) is 6.42 Å². The molecule has 0 saturated heterocycles. The monoisotopic (exact) mass is 465 g/mol. The lowest BCUT2D eigenvalue weighted by Gasteiger charge is -2.19. The van der Waals surface area contributed by atoms with Crippen molar-refractivity contribution in [3.05, 3.63) is 53.8 Å². The van der Waals surface area contributed by atoms with E-state index in [2.05, 4.69) is 0 Å². The highest BCUT2D eigenvalue weighted by atomic mass is 32.2. The predicted octanol–water partition coefficient (Wildman–Crippen LogP) is 5.49. The summed E-state index contributed by atoms with van der Waals surface area (Å²) in [4.78, 5) is 11.7. The van der Waals surface area contributed by atoms with Crippen LogP contribution >= 0.6 is 0 Å². The molecule has 0 fully saturated rings. The molecule has 6 nitrogen and oxygen atoms in total. The van der Waals surface area contributed by atoms with E-state index in [-0.39, 0.29) is 16.7 Å². The number of benzene rings is 2. The van der Waals surface area contributed by atoms with E-state index < -0.39 is 15.6 Å². The van der Waals surface area contributed by atoms with Gasteiger partial charge in [0.25, 0.3) is 0 Å². The van der Waals surface area contributed by atoms with Crippen LogP contribution in [0.3, 0.4) is 0 Å². The second-order valence-electron chi connectivity index (χ2n) is 8.73. The molecule has 32 heavy (non-hydrogen) atoms. The summed E-state index contributed by atoms with van der Waals surface area (Å²) in [7, 11) is -3.76. The van der Waals surface area contributed by atoms with Gasteiger partial charge in [-0.2, -0.15) is 0 Å². The number of hydrogen-bond donors (Lipinski definition) is 1. The molecule has 0 saturated carbocycles. The molecule has 0 bridgehead atoms. The molecule has 0 heterocycles. The molecule has 2 aromatic carbocycles. The van der Waals surface area contributed by atoms with Gasteiger partial charge >= 0.3 is 5.97 Å². The molecule has 0 unspecified atom stereocenters. The molecule has 2 rings (SSSR count). The first-order chi connectivity index (χ1) is 14.9. The van der Waals surface area contributed by atoms with Gasteiger partial charge in [-0.05, 0) is 88.1 Å². The molecule has 0 aliphatic rings. The van der Waals surface area contributed by atoms with Crippen molar-refractivity contribution in [1.82, 2.24) is 0 Å². The van der Waals surface area contributed by atoms with Crippen LogP contribution in [0.25, 0.3) is 0 Å². The Morgan fingerprint density at radius 2 is 1.53 bits per heavy atom. The smallest absolute Gasteiger partial charge is 0.306 e. The van der Waals surface area contributed by atoms with Crippen molar-refractivity contribution in [3.63, 3.8) is 0 Å². The molecule has 0 spiro atoms. The van der Waals surface area contributed by atoms with Gasteiger partial charge in [-0.1, -0.05) is 19.3 Å². The summed E-state index contributed by atoms with van der Waals surface area (Å²) in [5.74, 6) is 0.449. The lowest BCUT2D eigenvalue weighted by atomic mass is 10.0. The first-order valence-electron chi connectivity index (χ1n) is 10.7. The highest BCUT2D eigenvalue weighted by Gasteiger charge is 2.15. The van der Waals surface area contributed by atoms with Gasteiger partial charge in [0.2, 0.25) is 10.0 Å². The highest BCUT2D eigenvalue weighted by Crippen LogP contribution is 2.25. The van der Waals surface area contributed by atoms with Crippen molar-refractivity contribution >= 4 is 16.0 Å². The van der Waals surface area contributed by atoms with E-state index in [1.807, 2.05) is 20.8 Å². The van der Waals surface area contributed by atoms with Crippen LogP contribution in [0, 0.1) is 5.82 Å². The average Bonchev–Trinajstić information content (AvgIpc) is 2.68. The molecule has 8 heteroatoms. The van der Waals surface area contributed by atoms with Crippen LogP contribution < -0.4 is 9.88 Å². The zero-order valence-corrected chi connectivity index (χ0v) is 19.7. The number of carbonyl (C=O) groups is 1. The Balaban J connectivity index is 1.76. The average molecular weight is 466 g/mol. The maximum atomic E-state index is 14.2. The van der Waals surface area contributed by atoms with E-state index in [0.717, 1.165) is 32.1 Å². The van der Waals surface area contributed by atoms with E-state index in [9.17, 15) is 17.6 Å². The third-order valence-electron chi connectivity index (χ3n) is 4.65. The Bertz CT molecular complexity index is 998. The molecule has 0 radical (unpaired) electrons. The number of unbranched alkanes of at least 4 members (excludes halogenated alkanes) is 4. The number of nitrogens with two attached hydrogens (primary N) is 1. The van der Waals surface area contributed by atoms with Gasteiger partial charge < -0.3 is 9.47 Å². The molecular weight excluding hydrogens is 433 g/mol. The molecule has 0 aliphatic heterocycles. The van der Waals surface area contributed by atoms with E-state index in [0.29, 0.717) is 29.9 Å². The fourth-order valence-electron chi connectivity index (χ4n) is 3.15. The minimum absolute atomic E-state index is 0.00394. The Kier molecular flexibility index (Phi) is 9.21. The molecule has 0 atom stereocenters. The van der Waals surface area contributed by atoms with Gasteiger partial charge in [0.05, 0.1) is 4.90 Å². The zero-order chi connectivity index (χ0) is 23.8. The molecule has 2 N–H and O–H groups in total. The lowest BCUT2D eigenvalue weighted by molar-refractivity contribution is -0.154. The minimum atomic E-state index is -3.76. The molecule has 176 valence electrons. The second-order valence-corrected chi connectivity index (χ2v) is 10.3. The maximum absolute atomic E-state index is 14.2. The van der Waals surface area contributed by atoms with Crippen LogP contribution in [-0.2, 0) is 26.0 Å². The zero-order valence-electron chi connectivity index (χ0n) is 18.9. The maximum Gasteiger partial charge on any atom is 0.306 e. The number of esters is 1. The second kappa shape index (κ2) is 11.4. The van der Waals surface area contributed by atoms with Gasteiger partial charge in [-0.3, -0.25) is 4.79 Å². The van der Waals surface area contributed by atoms with Crippen molar-refractivity contribution in [2.45, 2.75) is 76.2 Å². The van der Waals surface area contributed by atoms with E-state index in [1.54, 1.807) is 6.07 Å². The largest absolute Gasteiger partial charge is 0.460 e. The predicted molar refractivity (Wildman–Crippen MR) is 122 cm³/mol. The van der Waals surface area contributed by atoms with Crippen molar-refractivity contribution < 1.29 is 27.1 Å². The molecule has 0 aliphatic carbocycles. The summed E-state index contributed by atoms with van der Waals surface area (Å²) >= 11 is 0. The summed E-state index contributed by atoms with van der Waals surface area (Å²) in [6.45, 7) is 5.57. The number of primary sulfonamides is 1. The standard InChI is InChI=1S/C24H32FNO5S/c1-24(2,3)31-23(27)10-8-6-4-5-7-9-18-17-20(13-16-22(18)25)30-19-11-14-21(15-12-19)32(26,28)29/h11-17H,4-10H2,1-3H3,(H2,26,28,29). The van der Waals surface area contributed by atoms with Crippen molar-refractivity contribution in [2.24, 2.45) is 5.14 Å². The van der Waals surface area contributed by atoms with E-state index in [1.165, 1.54) is 36.4 Å². The molecule has 0 aromatic heterocycles.